The minimum absolute atomic E-state index is 0.189. The molecule has 2 atom stereocenters. The van der Waals surface area contributed by atoms with Crippen LogP contribution in [0.15, 0.2) is 4.99 Å². The average Bonchev–Trinajstić information content (AvgIpc) is 3.19. The van der Waals surface area contributed by atoms with Crippen molar-refractivity contribution in [2.75, 3.05) is 46.0 Å². The molecule has 2 heterocycles. The molecule has 0 aromatic carbocycles. The van der Waals surface area contributed by atoms with Gasteiger partial charge in [-0.3, -0.25) is 9.79 Å². The van der Waals surface area contributed by atoms with Gasteiger partial charge in [-0.2, -0.15) is 0 Å². The summed E-state index contributed by atoms with van der Waals surface area (Å²) in [5.41, 5.74) is 0. The maximum absolute atomic E-state index is 11.7. The molecule has 0 bridgehead atoms. The van der Waals surface area contributed by atoms with E-state index >= 15 is 0 Å². The maximum atomic E-state index is 11.7. The number of nitrogens with one attached hydrogen (secondary N) is 2. The summed E-state index contributed by atoms with van der Waals surface area (Å²) < 4.78 is 24.6. The van der Waals surface area contributed by atoms with Gasteiger partial charge < -0.3 is 15.5 Å². The molecule has 24 heavy (non-hydrogen) atoms. The lowest BCUT2D eigenvalue weighted by atomic mass is 10.1. The Morgan fingerprint density at radius 2 is 2.00 bits per heavy atom. The highest BCUT2D eigenvalue weighted by Crippen LogP contribution is 2.18. The molecule has 2 rings (SSSR count). The minimum Gasteiger partial charge on any atom is -0.356 e. The van der Waals surface area contributed by atoms with Crippen LogP contribution in [-0.4, -0.2) is 81.6 Å². The van der Waals surface area contributed by atoms with Crippen molar-refractivity contribution < 1.29 is 13.2 Å². The highest BCUT2D eigenvalue weighted by Gasteiger charge is 2.29. The lowest BCUT2D eigenvalue weighted by Gasteiger charge is -2.20. The highest BCUT2D eigenvalue weighted by atomic mass is 32.2. The van der Waals surface area contributed by atoms with Gasteiger partial charge in [0.15, 0.2) is 5.96 Å². The lowest BCUT2D eigenvalue weighted by molar-refractivity contribution is -0.129. The van der Waals surface area contributed by atoms with E-state index in [1.807, 2.05) is 11.8 Å². The van der Waals surface area contributed by atoms with Crippen molar-refractivity contribution in [3.8, 4) is 0 Å². The first-order chi connectivity index (χ1) is 11.3. The first-order valence-electron chi connectivity index (χ1n) is 8.53. The van der Waals surface area contributed by atoms with Crippen molar-refractivity contribution >= 4 is 21.9 Å². The Morgan fingerprint density at radius 1 is 1.25 bits per heavy atom. The normalized spacial score (nSPS) is 26.0. The van der Waals surface area contributed by atoms with Gasteiger partial charge in [-0.05, 0) is 18.8 Å². The summed E-state index contributed by atoms with van der Waals surface area (Å²) in [6.45, 7) is 5.21. The number of aliphatic imine (C=N–C) groups is 1. The number of hydrogen-bond donors (Lipinski definition) is 2. The highest BCUT2D eigenvalue weighted by molar-refractivity contribution is 7.88. The van der Waals surface area contributed by atoms with E-state index in [2.05, 4.69) is 15.6 Å². The van der Waals surface area contributed by atoms with Crippen LogP contribution in [0.4, 0.5) is 0 Å². The second kappa shape index (κ2) is 8.15. The van der Waals surface area contributed by atoms with Crippen LogP contribution < -0.4 is 10.6 Å². The Labute approximate surface area is 144 Å². The summed E-state index contributed by atoms with van der Waals surface area (Å²) in [6.07, 6.45) is 3.57. The lowest BCUT2D eigenvalue weighted by Crippen LogP contribution is -2.46. The van der Waals surface area contributed by atoms with Gasteiger partial charge in [0.1, 0.15) is 0 Å². The fourth-order valence-corrected chi connectivity index (χ4v) is 4.14. The Morgan fingerprint density at radius 3 is 2.58 bits per heavy atom. The van der Waals surface area contributed by atoms with E-state index in [-0.39, 0.29) is 11.9 Å². The molecule has 9 heteroatoms. The van der Waals surface area contributed by atoms with Gasteiger partial charge in [-0.25, -0.2) is 12.7 Å². The Kier molecular flexibility index (Phi) is 6.45. The van der Waals surface area contributed by atoms with Gasteiger partial charge in [0.2, 0.25) is 15.9 Å². The van der Waals surface area contributed by atoms with E-state index in [9.17, 15) is 13.2 Å². The number of guanidine groups is 1. The molecule has 0 aliphatic carbocycles. The molecule has 2 fully saturated rings. The van der Waals surface area contributed by atoms with Crippen molar-refractivity contribution in [1.29, 1.82) is 0 Å². The maximum Gasteiger partial charge on any atom is 0.222 e. The molecule has 0 aromatic rings. The standard InChI is InChI=1S/C15H29N5O3S/c1-4-14(21)19-7-6-13(11-19)18-15(16-2)17-9-12-5-8-20(10-12)24(3,22)23/h12-13H,4-11H2,1-3H3,(H2,16,17,18). The van der Waals surface area contributed by atoms with Crippen molar-refractivity contribution in [3.63, 3.8) is 0 Å². The fourth-order valence-electron chi connectivity index (χ4n) is 3.22. The van der Waals surface area contributed by atoms with Crippen LogP contribution in [0.3, 0.4) is 0 Å². The number of carbonyl (C=O) groups is 1. The molecule has 2 N–H and O–H groups in total. The second-order valence-corrected chi connectivity index (χ2v) is 8.53. The molecule has 0 spiro atoms. The SMILES string of the molecule is CCC(=O)N1CCC(NC(=NC)NCC2CCN(S(C)(=O)=O)C2)C1. The number of amides is 1. The van der Waals surface area contributed by atoms with Crippen molar-refractivity contribution in [2.45, 2.75) is 32.2 Å². The first-order valence-corrected chi connectivity index (χ1v) is 10.4. The Bertz CT molecular complexity index is 578. The average molecular weight is 359 g/mol. The van der Waals surface area contributed by atoms with Crippen LogP contribution >= 0.6 is 0 Å². The van der Waals surface area contributed by atoms with Gasteiger partial charge >= 0.3 is 0 Å². The smallest absolute Gasteiger partial charge is 0.222 e. The monoisotopic (exact) mass is 359 g/mol. The van der Waals surface area contributed by atoms with Crippen LogP contribution in [-0.2, 0) is 14.8 Å². The largest absolute Gasteiger partial charge is 0.356 e. The molecular weight excluding hydrogens is 330 g/mol. The van der Waals surface area contributed by atoms with Gasteiger partial charge in [0, 0.05) is 52.2 Å². The minimum atomic E-state index is -3.09. The van der Waals surface area contributed by atoms with E-state index < -0.39 is 10.0 Å². The number of likely N-dealkylation sites (tertiary alicyclic amines) is 1. The Hall–Kier alpha value is -1.35. The van der Waals surface area contributed by atoms with Crippen molar-refractivity contribution in [1.82, 2.24) is 19.8 Å². The summed E-state index contributed by atoms with van der Waals surface area (Å²) in [4.78, 5) is 17.8. The molecule has 2 aliphatic rings. The Balaban J connectivity index is 1.75. The quantitative estimate of drug-likeness (QED) is 0.507. The van der Waals surface area contributed by atoms with Gasteiger partial charge in [-0.15, -0.1) is 0 Å². The molecule has 1 amide bonds. The van der Waals surface area contributed by atoms with Crippen molar-refractivity contribution in [3.05, 3.63) is 0 Å². The molecule has 2 aliphatic heterocycles. The van der Waals surface area contributed by atoms with E-state index in [0.29, 0.717) is 44.5 Å². The van der Waals surface area contributed by atoms with E-state index in [0.717, 1.165) is 19.4 Å². The van der Waals surface area contributed by atoms with Gasteiger partial charge in [0.25, 0.3) is 0 Å². The summed E-state index contributed by atoms with van der Waals surface area (Å²) >= 11 is 0. The molecule has 8 nitrogen and oxygen atoms in total. The summed E-state index contributed by atoms with van der Waals surface area (Å²) in [6, 6.07) is 0.211. The topological polar surface area (TPSA) is 94.1 Å². The number of carbonyl (C=O) groups excluding carboxylic acids is 1. The van der Waals surface area contributed by atoms with E-state index in [1.54, 1.807) is 7.05 Å². The number of sulfonamides is 1. The number of nitrogens with zero attached hydrogens (tertiary/aromatic N) is 3. The zero-order chi connectivity index (χ0) is 17.7. The fraction of sp³-hybridized carbons (Fsp3) is 0.867. The zero-order valence-electron chi connectivity index (χ0n) is 14.8. The zero-order valence-corrected chi connectivity index (χ0v) is 15.6. The number of hydrogen-bond acceptors (Lipinski definition) is 4. The van der Waals surface area contributed by atoms with E-state index in [4.69, 9.17) is 0 Å². The molecule has 0 aromatic heterocycles. The second-order valence-electron chi connectivity index (χ2n) is 6.55. The molecule has 2 unspecified atom stereocenters. The molecule has 0 saturated carbocycles. The first kappa shape index (κ1) is 19.0. The van der Waals surface area contributed by atoms with E-state index in [1.165, 1.54) is 10.6 Å². The van der Waals surface area contributed by atoms with Gasteiger partial charge in [-0.1, -0.05) is 6.92 Å². The van der Waals surface area contributed by atoms with Crippen LogP contribution in [0, 0.1) is 5.92 Å². The third kappa shape index (κ3) is 5.07. The van der Waals surface area contributed by atoms with Crippen LogP contribution in [0.1, 0.15) is 26.2 Å². The molecule has 2 saturated heterocycles. The van der Waals surface area contributed by atoms with Gasteiger partial charge in [0.05, 0.1) is 6.26 Å². The van der Waals surface area contributed by atoms with Crippen LogP contribution in [0.25, 0.3) is 0 Å². The summed E-state index contributed by atoms with van der Waals surface area (Å²) in [7, 11) is -1.37. The third-order valence-electron chi connectivity index (χ3n) is 4.68. The third-order valence-corrected chi connectivity index (χ3v) is 5.95. The van der Waals surface area contributed by atoms with Crippen LogP contribution in [0.5, 0.6) is 0 Å². The molecular formula is C15H29N5O3S. The predicted molar refractivity (Wildman–Crippen MR) is 94.3 cm³/mol. The summed E-state index contributed by atoms with van der Waals surface area (Å²) in [5.74, 6) is 1.19. The summed E-state index contributed by atoms with van der Waals surface area (Å²) in [5, 5.41) is 6.64. The molecule has 0 radical (unpaired) electrons. The number of rotatable bonds is 5. The van der Waals surface area contributed by atoms with Crippen molar-refractivity contribution in [2.24, 2.45) is 10.9 Å². The predicted octanol–water partition coefficient (Wildman–Crippen LogP) is -0.556. The van der Waals surface area contributed by atoms with Crippen LogP contribution in [0.2, 0.25) is 0 Å². The molecule has 138 valence electrons.